The van der Waals surface area contributed by atoms with Crippen molar-refractivity contribution >= 4 is 28.8 Å². The zero-order valence-corrected chi connectivity index (χ0v) is 12.8. The lowest BCUT2D eigenvalue weighted by atomic mass is 10.2. The van der Waals surface area contributed by atoms with E-state index in [0.29, 0.717) is 12.4 Å². The van der Waals surface area contributed by atoms with E-state index in [1.165, 1.54) is 11.3 Å². The van der Waals surface area contributed by atoms with Gasteiger partial charge in [0.1, 0.15) is 0 Å². The average Bonchev–Trinajstić information content (AvgIpc) is 3.19. The molecule has 0 saturated carbocycles. The molecule has 0 aromatic carbocycles. The Morgan fingerprint density at radius 3 is 3.19 bits per heavy atom. The van der Waals surface area contributed by atoms with Gasteiger partial charge in [-0.25, -0.2) is 0 Å². The lowest BCUT2D eigenvalue weighted by Gasteiger charge is -2.01. The Bertz CT molecular complexity index is 621. The fraction of sp³-hybridized carbons (Fsp3) is 0.462. The van der Waals surface area contributed by atoms with Crippen molar-refractivity contribution in [3.63, 3.8) is 0 Å². The number of hydrogen-bond acceptors (Lipinski definition) is 6. The van der Waals surface area contributed by atoms with Gasteiger partial charge >= 0.3 is 0 Å². The van der Waals surface area contributed by atoms with Gasteiger partial charge < -0.3 is 15.2 Å². The van der Waals surface area contributed by atoms with E-state index < -0.39 is 0 Å². The minimum absolute atomic E-state index is 0.0762. The molecular formula is C13H15ClN4O2S. The van der Waals surface area contributed by atoms with Gasteiger partial charge in [0.05, 0.1) is 10.4 Å². The van der Waals surface area contributed by atoms with Gasteiger partial charge in [-0.3, -0.25) is 4.79 Å². The molecule has 1 atom stereocenters. The van der Waals surface area contributed by atoms with Crippen LogP contribution in [0.1, 0.15) is 40.3 Å². The summed E-state index contributed by atoms with van der Waals surface area (Å²) in [5.74, 6) is 0.260. The summed E-state index contributed by atoms with van der Waals surface area (Å²) in [4.78, 5) is 17.2. The highest BCUT2D eigenvalue weighted by atomic mass is 35.5. The van der Waals surface area contributed by atoms with Crippen LogP contribution in [0.5, 0.6) is 0 Å². The van der Waals surface area contributed by atoms with Crippen molar-refractivity contribution in [1.82, 2.24) is 20.8 Å². The molecule has 2 aromatic rings. The van der Waals surface area contributed by atoms with E-state index in [4.69, 9.17) is 16.1 Å². The Labute approximate surface area is 130 Å². The number of aromatic nitrogens is 2. The molecule has 112 valence electrons. The number of rotatable bonds is 5. The molecule has 2 N–H and O–H groups in total. The van der Waals surface area contributed by atoms with Gasteiger partial charge in [0.2, 0.25) is 5.89 Å². The van der Waals surface area contributed by atoms with Crippen LogP contribution < -0.4 is 10.6 Å². The third-order valence-corrected chi connectivity index (χ3v) is 4.58. The summed E-state index contributed by atoms with van der Waals surface area (Å²) in [6.45, 7) is 1.46. The predicted molar refractivity (Wildman–Crippen MR) is 79.6 cm³/mol. The molecule has 8 heteroatoms. The highest BCUT2D eigenvalue weighted by Crippen LogP contribution is 2.22. The number of hydrogen-bond donors (Lipinski definition) is 2. The molecule has 0 radical (unpaired) electrons. The lowest BCUT2D eigenvalue weighted by Crippen LogP contribution is -2.26. The minimum atomic E-state index is -0.314. The first-order chi connectivity index (χ1) is 10.2. The van der Waals surface area contributed by atoms with Crippen LogP contribution in [0.4, 0.5) is 0 Å². The van der Waals surface area contributed by atoms with E-state index in [0.717, 1.165) is 35.0 Å². The fourth-order valence-corrected chi connectivity index (χ4v) is 3.32. The van der Waals surface area contributed by atoms with Gasteiger partial charge in [0, 0.05) is 11.4 Å². The van der Waals surface area contributed by atoms with Crippen LogP contribution >= 0.6 is 22.9 Å². The number of halogens is 1. The third kappa shape index (κ3) is 3.61. The standard InChI is InChI=1S/C13H15ClN4O2S/c14-10-4-3-8(21-10)5-7-16-12(19)11-17-13(20-18-11)9-2-1-6-15-9/h3-4,9,15H,1-2,5-7H2,(H,16,19). The number of amides is 1. The smallest absolute Gasteiger partial charge is 0.292 e. The van der Waals surface area contributed by atoms with Crippen LogP contribution in [-0.4, -0.2) is 29.1 Å². The van der Waals surface area contributed by atoms with Gasteiger partial charge in [0.25, 0.3) is 11.7 Å². The van der Waals surface area contributed by atoms with Crippen LogP contribution in [0.15, 0.2) is 16.7 Å². The van der Waals surface area contributed by atoms with Crippen molar-refractivity contribution in [3.05, 3.63) is 33.1 Å². The maximum atomic E-state index is 11.9. The summed E-state index contributed by atoms with van der Waals surface area (Å²) in [7, 11) is 0. The molecule has 3 rings (SSSR count). The van der Waals surface area contributed by atoms with Gasteiger partial charge in [-0.2, -0.15) is 4.98 Å². The maximum Gasteiger partial charge on any atom is 0.292 e. The van der Waals surface area contributed by atoms with Crippen LogP contribution in [0.2, 0.25) is 4.34 Å². The second kappa shape index (κ2) is 6.55. The van der Waals surface area contributed by atoms with Crippen LogP contribution in [-0.2, 0) is 6.42 Å². The summed E-state index contributed by atoms with van der Waals surface area (Å²) in [6.07, 6.45) is 2.78. The molecule has 0 spiro atoms. The van der Waals surface area contributed by atoms with Crippen molar-refractivity contribution in [2.24, 2.45) is 0 Å². The molecule has 1 aliphatic rings. The van der Waals surface area contributed by atoms with Gasteiger partial charge in [-0.15, -0.1) is 11.3 Å². The molecule has 0 aliphatic carbocycles. The first-order valence-corrected chi connectivity index (χ1v) is 8.01. The van der Waals surface area contributed by atoms with Crippen LogP contribution in [0.3, 0.4) is 0 Å². The Morgan fingerprint density at radius 2 is 2.48 bits per heavy atom. The number of carbonyl (C=O) groups is 1. The average molecular weight is 327 g/mol. The minimum Gasteiger partial charge on any atom is -0.349 e. The summed E-state index contributed by atoms with van der Waals surface area (Å²) in [5.41, 5.74) is 0. The summed E-state index contributed by atoms with van der Waals surface area (Å²) in [5, 5.41) is 9.77. The zero-order chi connectivity index (χ0) is 14.7. The molecule has 21 heavy (non-hydrogen) atoms. The van der Waals surface area contributed by atoms with E-state index in [1.807, 2.05) is 12.1 Å². The maximum absolute atomic E-state index is 11.9. The Morgan fingerprint density at radius 1 is 1.57 bits per heavy atom. The third-order valence-electron chi connectivity index (χ3n) is 3.29. The predicted octanol–water partition coefficient (Wildman–Crippen LogP) is 2.18. The molecule has 6 nitrogen and oxygen atoms in total. The summed E-state index contributed by atoms with van der Waals surface area (Å²) in [6, 6.07) is 3.88. The van der Waals surface area contributed by atoms with Crippen LogP contribution in [0, 0.1) is 0 Å². The largest absolute Gasteiger partial charge is 0.349 e. The molecule has 1 aliphatic heterocycles. The molecule has 0 bridgehead atoms. The zero-order valence-electron chi connectivity index (χ0n) is 11.3. The fourth-order valence-electron chi connectivity index (χ4n) is 2.23. The summed E-state index contributed by atoms with van der Waals surface area (Å²) < 4.78 is 5.89. The normalized spacial score (nSPS) is 18.0. The highest BCUT2D eigenvalue weighted by molar-refractivity contribution is 7.16. The lowest BCUT2D eigenvalue weighted by molar-refractivity contribution is 0.0941. The van der Waals surface area contributed by atoms with E-state index in [9.17, 15) is 4.79 Å². The van der Waals surface area contributed by atoms with Crippen molar-refractivity contribution in [2.45, 2.75) is 25.3 Å². The first kappa shape index (κ1) is 14.5. The SMILES string of the molecule is O=C(NCCc1ccc(Cl)s1)c1noc(C2CCCN2)n1. The van der Waals surface area contributed by atoms with Gasteiger partial charge in [0.15, 0.2) is 0 Å². The molecule has 1 fully saturated rings. The molecule has 3 heterocycles. The van der Waals surface area contributed by atoms with E-state index in [2.05, 4.69) is 20.8 Å². The monoisotopic (exact) mass is 326 g/mol. The number of nitrogens with zero attached hydrogens (tertiary/aromatic N) is 2. The number of carbonyl (C=O) groups excluding carboxylic acids is 1. The Hall–Kier alpha value is -1.44. The quantitative estimate of drug-likeness (QED) is 0.880. The van der Waals surface area contributed by atoms with Crippen molar-refractivity contribution in [1.29, 1.82) is 0 Å². The second-order valence-electron chi connectivity index (χ2n) is 4.82. The number of nitrogens with one attached hydrogen (secondary N) is 2. The first-order valence-electron chi connectivity index (χ1n) is 6.82. The van der Waals surface area contributed by atoms with E-state index >= 15 is 0 Å². The van der Waals surface area contributed by atoms with E-state index in [1.54, 1.807) is 0 Å². The Balaban J connectivity index is 1.50. The highest BCUT2D eigenvalue weighted by Gasteiger charge is 2.24. The Kier molecular flexibility index (Phi) is 4.52. The van der Waals surface area contributed by atoms with Crippen molar-refractivity contribution < 1.29 is 9.32 Å². The molecular weight excluding hydrogens is 312 g/mol. The van der Waals surface area contributed by atoms with Gasteiger partial charge in [-0.05, 0) is 37.9 Å². The molecule has 1 amide bonds. The van der Waals surface area contributed by atoms with Gasteiger partial charge in [-0.1, -0.05) is 16.8 Å². The summed E-state index contributed by atoms with van der Waals surface area (Å²) >= 11 is 7.37. The van der Waals surface area contributed by atoms with E-state index in [-0.39, 0.29) is 17.8 Å². The topological polar surface area (TPSA) is 80.0 Å². The van der Waals surface area contributed by atoms with Crippen molar-refractivity contribution in [3.8, 4) is 0 Å². The number of thiophene rings is 1. The second-order valence-corrected chi connectivity index (χ2v) is 6.62. The van der Waals surface area contributed by atoms with Crippen LogP contribution in [0.25, 0.3) is 0 Å². The molecule has 1 unspecified atom stereocenters. The van der Waals surface area contributed by atoms with Crippen molar-refractivity contribution in [2.75, 3.05) is 13.1 Å². The molecule has 1 saturated heterocycles. The molecule has 2 aromatic heterocycles.